The van der Waals surface area contributed by atoms with Crippen LogP contribution in [0.25, 0.3) is 0 Å². The number of anilines is 1. The molecular weight excluding hydrogens is 392 g/mol. The highest BCUT2D eigenvalue weighted by atomic mass is 16.7. The minimum Gasteiger partial charge on any atom is -0.350 e. The number of carbonyl (C=O) groups is 1. The van der Waals surface area contributed by atoms with Gasteiger partial charge in [-0.2, -0.15) is 5.10 Å². The molecule has 0 unspecified atom stereocenters. The van der Waals surface area contributed by atoms with E-state index in [1.165, 1.54) is 31.9 Å². The second kappa shape index (κ2) is 8.10. The third-order valence-electron chi connectivity index (χ3n) is 6.51. The number of aliphatic imine (C=N–C) groups is 1. The number of carbonyl (C=O) groups excluding carboxylic acids is 1. The number of rotatable bonds is 4. The molecule has 0 atom stereocenters. The van der Waals surface area contributed by atoms with Crippen molar-refractivity contribution in [1.29, 1.82) is 0 Å². The highest BCUT2D eigenvalue weighted by molar-refractivity contribution is 6.63. The summed E-state index contributed by atoms with van der Waals surface area (Å²) in [6.07, 6.45) is 6.56. The zero-order valence-corrected chi connectivity index (χ0v) is 17.9. The SMILES string of the molecule is Cc1ccc(C#CC2CC2)c2c1N(C(=O)/C(C=NCC1OCC3(CC3)CO1)=N/N)CC2. The van der Waals surface area contributed by atoms with Gasteiger partial charge in [0.25, 0.3) is 5.91 Å². The maximum absolute atomic E-state index is 13.2. The van der Waals surface area contributed by atoms with Crippen molar-refractivity contribution in [1.82, 2.24) is 0 Å². The molecule has 2 aliphatic carbocycles. The highest BCUT2D eigenvalue weighted by Gasteiger charge is 2.46. The summed E-state index contributed by atoms with van der Waals surface area (Å²) in [5, 5.41) is 3.71. The average molecular weight is 421 g/mol. The molecule has 1 spiro atoms. The van der Waals surface area contributed by atoms with Gasteiger partial charge in [-0.3, -0.25) is 9.79 Å². The molecule has 1 saturated heterocycles. The molecule has 0 bridgehead atoms. The van der Waals surface area contributed by atoms with E-state index in [1.807, 2.05) is 13.0 Å². The van der Waals surface area contributed by atoms with E-state index in [2.05, 4.69) is 28.0 Å². The fourth-order valence-electron chi connectivity index (χ4n) is 4.15. The molecule has 3 fully saturated rings. The summed E-state index contributed by atoms with van der Waals surface area (Å²) in [4.78, 5) is 19.2. The first-order valence-corrected chi connectivity index (χ1v) is 11.1. The van der Waals surface area contributed by atoms with Crippen molar-refractivity contribution < 1.29 is 14.3 Å². The van der Waals surface area contributed by atoms with Gasteiger partial charge in [-0.1, -0.05) is 17.9 Å². The van der Waals surface area contributed by atoms with E-state index in [1.54, 1.807) is 4.90 Å². The molecule has 2 aliphatic heterocycles. The Morgan fingerprint density at radius 3 is 2.77 bits per heavy atom. The van der Waals surface area contributed by atoms with E-state index in [0.29, 0.717) is 19.0 Å². The van der Waals surface area contributed by atoms with E-state index in [9.17, 15) is 4.79 Å². The molecule has 7 nitrogen and oxygen atoms in total. The standard InChI is InChI=1S/C24H28N4O3/c1-16-2-6-18(7-5-17-3-4-17)19-8-11-28(22(16)19)23(29)20(27-25)12-26-13-21-30-14-24(9-10-24)15-31-21/h2,6,12,17,21H,3-4,8-11,13-15,25H2,1H3/b26-12?,27-20+. The minimum absolute atomic E-state index is 0.121. The lowest BCUT2D eigenvalue weighted by Gasteiger charge is -2.28. The number of ether oxygens (including phenoxy) is 2. The smallest absolute Gasteiger partial charge is 0.280 e. The number of hydrazone groups is 1. The van der Waals surface area contributed by atoms with Crippen LogP contribution >= 0.6 is 0 Å². The molecule has 2 heterocycles. The topological polar surface area (TPSA) is 89.5 Å². The Labute approximate surface area is 182 Å². The number of benzene rings is 1. The van der Waals surface area contributed by atoms with E-state index in [4.69, 9.17) is 15.3 Å². The van der Waals surface area contributed by atoms with Gasteiger partial charge in [-0.05, 0) is 56.2 Å². The Kier molecular flexibility index (Phi) is 5.28. The number of aryl methyl sites for hydroxylation is 1. The number of nitrogens with two attached hydrogens (primary N) is 1. The maximum Gasteiger partial charge on any atom is 0.280 e. The van der Waals surface area contributed by atoms with Crippen molar-refractivity contribution in [2.45, 2.75) is 45.3 Å². The van der Waals surface area contributed by atoms with Gasteiger partial charge in [0.15, 0.2) is 12.0 Å². The minimum atomic E-state index is -0.376. The number of hydrogen-bond donors (Lipinski definition) is 1. The van der Waals surface area contributed by atoms with Crippen molar-refractivity contribution >= 4 is 23.5 Å². The van der Waals surface area contributed by atoms with Gasteiger partial charge >= 0.3 is 0 Å². The van der Waals surface area contributed by atoms with Gasteiger partial charge in [0.1, 0.15) is 0 Å². The molecule has 7 heteroatoms. The van der Waals surface area contributed by atoms with Gasteiger partial charge in [0.2, 0.25) is 0 Å². The quantitative estimate of drug-likeness (QED) is 0.350. The Morgan fingerprint density at radius 1 is 1.32 bits per heavy atom. The van der Waals surface area contributed by atoms with Crippen molar-refractivity contribution in [2.24, 2.45) is 27.3 Å². The van der Waals surface area contributed by atoms with Crippen molar-refractivity contribution in [3.8, 4) is 11.8 Å². The van der Waals surface area contributed by atoms with Crippen LogP contribution in [-0.4, -0.2) is 50.4 Å². The van der Waals surface area contributed by atoms with Crippen molar-refractivity contribution in [2.75, 3.05) is 31.2 Å². The Morgan fingerprint density at radius 2 is 2.10 bits per heavy atom. The summed E-state index contributed by atoms with van der Waals surface area (Å²) in [5.74, 6) is 12.5. The number of nitrogens with zero attached hydrogens (tertiary/aromatic N) is 3. The average Bonchev–Trinajstić information content (AvgIpc) is 3.71. The fraction of sp³-hybridized carbons (Fsp3) is 0.542. The molecule has 5 rings (SSSR count). The summed E-state index contributed by atoms with van der Waals surface area (Å²) in [7, 11) is 0. The maximum atomic E-state index is 13.2. The molecular formula is C24H28N4O3. The van der Waals surface area contributed by atoms with E-state index < -0.39 is 0 Å². The number of fused-ring (bicyclic) bond motifs is 1. The molecule has 0 aromatic heterocycles. The summed E-state index contributed by atoms with van der Waals surface area (Å²) < 4.78 is 11.5. The van der Waals surface area contributed by atoms with Gasteiger partial charge in [0, 0.05) is 23.4 Å². The normalized spacial score (nSPS) is 22.5. The third kappa shape index (κ3) is 4.23. The second-order valence-electron chi connectivity index (χ2n) is 9.07. The predicted molar refractivity (Wildman–Crippen MR) is 119 cm³/mol. The van der Waals surface area contributed by atoms with Crippen LogP contribution in [-0.2, 0) is 20.7 Å². The van der Waals surface area contributed by atoms with Gasteiger partial charge < -0.3 is 20.2 Å². The Hall–Kier alpha value is -2.69. The van der Waals surface area contributed by atoms with Crippen molar-refractivity contribution in [3.05, 3.63) is 28.8 Å². The monoisotopic (exact) mass is 420 g/mol. The number of hydrogen-bond acceptors (Lipinski definition) is 6. The zero-order valence-electron chi connectivity index (χ0n) is 17.9. The first-order valence-electron chi connectivity index (χ1n) is 11.1. The molecule has 1 aromatic carbocycles. The van der Waals surface area contributed by atoms with E-state index >= 15 is 0 Å². The second-order valence-corrected chi connectivity index (χ2v) is 9.07. The highest BCUT2D eigenvalue weighted by Crippen LogP contribution is 2.48. The largest absolute Gasteiger partial charge is 0.350 e. The molecule has 2 saturated carbocycles. The fourth-order valence-corrected chi connectivity index (χ4v) is 4.15. The molecule has 31 heavy (non-hydrogen) atoms. The first-order chi connectivity index (χ1) is 15.1. The van der Waals surface area contributed by atoms with E-state index in [-0.39, 0.29) is 23.3 Å². The van der Waals surface area contributed by atoms with E-state index in [0.717, 1.165) is 42.0 Å². The summed E-state index contributed by atoms with van der Waals surface area (Å²) in [5.41, 5.74) is 4.50. The molecule has 0 radical (unpaired) electrons. The van der Waals surface area contributed by atoms with Gasteiger partial charge in [-0.15, -0.1) is 0 Å². The summed E-state index contributed by atoms with van der Waals surface area (Å²) in [6.45, 7) is 4.36. The van der Waals surface area contributed by atoms with Crippen LogP contribution in [0.2, 0.25) is 0 Å². The zero-order chi connectivity index (χ0) is 21.4. The van der Waals surface area contributed by atoms with Crippen LogP contribution in [0.1, 0.15) is 42.4 Å². The molecule has 4 aliphatic rings. The molecule has 2 N–H and O–H groups in total. The molecule has 1 amide bonds. The summed E-state index contributed by atoms with van der Waals surface area (Å²) >= 11 is 0. The van der Waals surface area contributed by atoms with Crippen LogP contribution in [0.15, 0.2) is 22.2 Å². The third-order valence-corrected chi connectivity index (χ3v) is 6.51. The van der Waals surface area contributed by atoms with Crippen LogP contribution in [0.5, 0.6) is 0 Å². The number of amides is 1. The molecule has 1 aromatic rings. The Bertz CT molecular complexity index is 1000. The predicted octanol–water partition coefficient (Wildman–Crippen LogP) is 2.18. The van der Waals surface area contributed by atoms with Crippen LogP contribution < -0.4 is 10.7 Å². The first kappa shape index (κ1) is 20.2. The van der Waals surface area contributed by atoms with Crippen molar-refractivity contribution in [3.63, 3.8) is 0 Å². The lowest BCUT2D eigenvalue weighted by atomic mass is 10.0. The Balaban J connectivity index is 1.26. The summed E-state index contributed by atoms with van der Waals surface area (Å²) in [6, 6.07) is 4.09. The van der Waals surface area contributed by atoms with Crippen LogP contribution in [0, 0.1) is 30.1 Å². The lowest BCUT2D eigenvalue weighted by Crippen LogP contribution is -2.37. The van der Waals surface area contributed by atoms with Crippen LogP contribution in [0.4, 0.5) is 5.69 Å². The lowest BCUT2D eigenvalue weighted by molar-refractivity contribution is -0.201. The molecule has 162 valence electrons. The van der Waals surface area contributed by atoms with Crippen LogP contribution in [0.3, 0.4) is 0 Å². The van der Waals surface area contributed by atoms with Gasteiger partial charge in [0.05, 0.1) is 31.7 Å². The van der Waals surface area contributed by atoms with Gasteiger partial charge in [-0.25, -0.2) is 0 Å².